The number of hydrogen-bond acceptors (Lipinski definition) is 3. The van der Waals surface area contributed by atoms with Gasteiger partial charge in [0.15, 0.2) is 0 Å². The predicted octanol–water partition coefficient (Wildman–Crippen LogP) is 3.47. The van der Waals surface area contributed by atoms with Crippen molar-refractivity contribution >= 4 is 28.9 Å². The SMILES string of the molecule is Nc1cc(NC(=O)CCOc2cccc(Cl)c2)ccc1F. The molecule has 0 atom stereocenters. The maximum atomic E-state index is 13.0. The summed E-state index contributed by atoms with van der Waals surface area (Å²) in [7, 11) is 0. The molecule has 2 aromatic rings. The van der Waals surface area contributed by atoms with Crippen molar-refractivity contribution in [1.29, 1.82) is 0 Å². The third-order valence-electron chi connectivity index (χ3n) is 2.67. The lowest BCUT2D eigenvalue weighted by molar-refractivity contribution is -0.116. The number of hydrogen-bond donors (Lipinski definition) is 2. The summed E-state index contributed by atoms with van der Waals surface area (Å²) in [6.45, 7) is 0.211. The molecule has 21 heavy (non-hydrogen) atoms. The van der Waals surface area contributed by atoms with E-state index >= 15 is 0 Å². The summed E-state index contributed by atoms with van der Waals surface area (Å²) in [5, 5.41) is 3.18. The Morgan fingerprint density at radius 3 is 2.81 bits per heavy atom. The molecule has 0 radical (unpaired) electrons. The standard InChI is InChI=1S/C15H14ClFN2O2/c16-10-2-1-3-12(8-10)21-7-6-15(20)19-11-4-5-13(17)14(18)9-11/h1-5,8-9H,6-7,18H2,(H,19,20). The maximum absolute atomic E-state index is 13.0. The fourth-order valence-electron chi connectivity index (χ4n) is 1.66. The molecule has 0 spiro atoms. The Hall–Kier alpha value is -2.27. The van der Waals surface area contributed by atoms with Crippen LogP contribution in [0.1, 0.15) is 6.42 Å². The van der Waals surface area contributed by atoms with Crippen LogP contribution < -0.4 is 15.8 Å². The fraction of sp³-hybridized carbons (Fsp3) is 0.133. The minimum atomic E-state index is -0.516. The summed E-state index contributed by atoms with van der Waals surface area (Å²) >= 11 is 5.82. The van der Waals surface area contributed by atoms with Crippen molar-refractivity contribution in [2.75, 3.05) is 17.7 Å². The van der Waals surface area contributed by atoms with E-state index in [0.717, 1.165) is 0 Å². The van der Waals surface area contributed by atoms with Gasteiger partial charge in [-0.15, -0.1) is 0 Å². The second-order valence-electron chi connectivity index (χ2n) is 4.34. The molecule has 0 saturated heterocycles. The second-order valence-corrected chi connectivity index (χ2v) is 4.78. The van der Waals surface area contributed by atoms with Gasteiger partial charge in [-0.25, -0.2) is 4.39 Å². The van der Waals surface area contributed by atoms with E-state index in [0.29, 0.717) is 16.5 Å². The molecule has 6 heteroatoms. The third kappa shape index (κ3) is 4.65. The number of halogens is 2. The molecule has 4 nitrogen and oxygen atoms in total. The van der Waals surface area contributed by atoms with Gasteiger partial charge < -0.3 is 15.8 Å². The number of benzene rings is 2. The molecule has 1 amide bonds. The number of ether oxygens (including phenoxy) is 1. The molecule has 0 unspecified atom stereocenters. The van der Waals surface area contributed by atoms with Crippen LogP contribution in [0, 0.1) is 5.82 Å². The van der Waals surface area contributed by atoms with E-state index in [1.165, 1.54) is 18.2 Å². The van der Waals surface area contributed by atoms with E-state index in [-0.39, 0.29) is 24.6 Å². The summed E-state index contributed by atoms with van der Waals surface area (Å²) in [5.41, 5.74) is 5.86. The van der Waals surface area contributed by atoms with Crippen molar-refractivity contribution < 1.29 is 13.9 Å². The summed E-state index contributed by atoms with van der Waals surface area (Å²) in [6, 6.07) is 10.9. The Kier molecular flexibility index (Phi) is 5.00. The van der Waals surface area contributed by atoms with Crippen molar-refractivity contribution in [3.05, 3.63) is 53.3 Å². The molecule has 0 aromatic heterocycles. The minimum absolute atomic E-state index is 0.0111. The van der Waals surface area contributed by atoms with Gasteiger partial charge in [-0.05, 0) is 36.4 Å². The lowest BCUT2D eigenvalue weighted by Crippen LogP contribution is -2.15. The first kappa shape index (κ1) is 15.1. The van der Waals surface area contributed by atoms with Crippen molar-refractivity contribution in [3.63, 3.8) is 0 Å². The van der Waals surface area contributed by atoms with E-state index in [9.17, 15) is 9.18 Å². The normalized spacial score (nSPS) is 10.2. The number of nitrogens with two attached hydrogens (primary N) is 1. The minimum Gasteiger partial charge on any atom is -0.493 e. The molecule has 3 N–H and O–H groups in total. The first-order valence-electron chi connectivity index (χ1n) is 6.28. The van der Waals surface area contributed by atoms with Crippen LogP contribution in [0.15, 0.2) is 42.5 Å². The number of amides is 1. The smallest absolute Gasteiger partial charge is 0.227 e. The number of nitrogens with one attached hydrogen (secondary N) is 1. The van der Waals surface area contributed by atoms with Gasteiger partial charge in [0.1, 0.15) is 11.6 Å². The Labute approximate surface area is 126 Å². The highest BCUT2D eigenvalue weighted by Crippen LogP contribution is 2.18. The summed E-state index contributed by atoms with van der Waals surface area (Å²) in [5.74, 6) is -0.165. The van der Waals surface area contributed by atoms with Gasteiger partial charge in [0.05, 0.1) is 18.7 Å². The molecular formula is C15H14ClFN2O2. The Morgan fingerprint density at radius 1 is 1.29 bits per heavy atom. The molecule has 0 saturated carbocycles. The zero-order valence-corrected chi connectivity index (χ0v) is 11.9. The van der Waals surface area contributed by atoms with Gasteiger partial charge in [0.25, 0.3) is 0 Å². The molecule has 110 valence electrons. The quantitative estimate of drug-likeness (QED) is 0.831. The van der Waals surface area contributed by atoms with Crippen molar-refractivity contribution in [2.45, 2.75) is 6.42 Å². The van der Waals surface area contributed by atoms with Gasteiger partial charge in [-0.2, -0.15) is 0 Å². The average molecular weight is 309 g/mol. The molecule has 0 aliphatic carbocycles. The number of carbonyl (C=O) groups is 1. The lowest BCUT2D eigenvalue weighted by atomic mass is 10.2. The summed E-state index contributed by atoms with van der Waals surface area (Å²) in [6.07, 6.45) is 0.157. The van der Waals surface area contributed by atoms with Gasteiger partial charge >= 0.3 is 0 Å². The summed E-state index contributed by atoms with van der Waals surface area (Å²) < 4.78 is 18.4. The van der Waals surface area contributed by atoms with E-state index in [1.807, 2.05) is 0 Å². The summed E-state index contributed by atoms with van der Waals surface area (Å²) in [4.78, 5) is 11.7. The topological polar surface area (TPSA) is 64.3 Å². The lowest BCUT2D eigenvalue weighted by Gasteiger charge is -2.08. The first-order valence-corrected chi connectivity index (χ1v) is 6.65. The zero-order valence-electron chi connectivity index (χ0n) is 11.1. The third-order valence-corrected chi connectivity index (χ3v) is 2.91. The molecule has 2 rings (SSSR count). The molecule has 2 aromatic carbocycles. The van der Waals surface area contributed by atoms with Crippen molar-refractivity contribution in [1.82, 2.24) is 0 Å². The van der Waals surface area contributed by atoms with Gasteiger partial charge in [0.2, 0.25) is 5.91 Å². The molecular weight excluding hydrogens is 295 g/mol. The zero-order chi connectivity index (χ0) is 15.2. The average Bonchev–Trinajstić information content (AvgIpc) is 2.43. The number of anilines is 2. The highest BCUT2D eigenvalue weighted by atomic mass is 35.5. The van der Waals surface area contributed by atoms with Gasteiger partial charge in [-0.3, -0.25) is 4.79 Å². The number of carbonyl (C=O) groups excluding carboxylic acids is 1. The Bertz CT molecular complexity index is 649. The van der Waals surface area contributed by atoms with E-state index < -0.39 is 5.82 Å². The number of nitrogen functional groups attached to an aromatic ring is 1. The molecule has 0 heterocycles. The van der Waals surface area contributed by atoms with E-state index in [4.69, 9.17) is 22.1 Å². The Morgan fingerprint density at radius 2 is 2.10 bits per heavy atom. The van der Waals surface area contributed by atoms with Crippen molar-refractivity contribution in [3.8, 4) is 5.75 Å². The second kappa shape index (κ2) is 6.95. The Balaban J connectivity index is 1.81. The van der Waals surface area contributed by atoms with E-state index in [2.05, 4.69) is 5.32 Å². The molecule has 0 fully saturated rings. The van der Waals surface area contributed by atoms with E-state index in [1.54, 1.807) is 24.3 Å². The largest absolute Gasteiger partial charge is 0.493 e. The number of rotatable bonds is 5. The van der Waals surface area contributed by atoms with Crippen LogP contribution in [0.4, 0.5) is 15.8 Å². The van der Waals surface area contributed by atoms with Gasteiger partial charge in [0, 0.05) is 10.7 Å². The van der Waals surface area contributed by atoms with Crippen LogP contribution in [0.25, 0.3) is 0 Å². The van der Waals surface area contributed by atoms with Crippen LogP contribution in [-0.2, 0) is 4.79 Å². The van der Waals surface area contributed by atoms with Crippen LogP contribution in [0.2, 0.25) is 5.02 Å². The van der Waals surface area contributed by atoms with Crippen LogP contribution in [-0.4, -0.2) is 12.5 Å². The molecule has 0 aliphatic rings. The van der Waals surface area contributed by atoms with Gasteiger partial charge in [-0.1, -0.05) is 17.7 Å². The maximum Gasteiger partial charge on any atom is 0.227 e. The molecule has 0 aliphatic heterocycles. The monoisotopic (exact) mass is 308 g/mol. The highest BCUT2D eigenvalue weighted by Gasteiger charge is 2.05. The van der Waals surface area contributed by atoms with Crippen LogP contribution >= 0.6 is 11.6 Å². The van der Waals surface area contributed by atoms with Crippen LogP contribution in [0.3, 0.4) is 0 Å². The first-order chi connectivity index (χ1) is 10.0. The fourth-order valence-corrected chi connectivity index (χ4v) is 1.84. The van der Waals surface area contributed by atoms with Crippen LogP contribution in [0.5, 0.6) is 5.75 Å². The predicted molar refractivity (Wildman–Crippen MR) is 81.0 cm³/mol. The van der Waals surface area contributed by atoms with Crippen molar-refractivity contribution in [2.24, 2.45) is 0 Å². The molecule has 0 bridgehead atoms. The highest BCUT2D eigenvalue weighted by molar-refractivity contribution is 6.30.